The zero-order valence-electron chi connectivity index (χ0n) is 8.83. The zero-order chi connectivity index (χ0) is 10.8. The summed E-state index contributed by atoms with van der Waals surface area (Å²) in [5.74, 6) is 0. The first kappa shape index (κ1) is 11.1. The Morgan fingerprint density at radius 3 is 2.80 bits per heavy atom. The van der Waals surface area contributed by atoms with E-state index in [0.29, 0.717) is 6.04 Å². The summed E-state index contributed by atoms with van der Waals surface area (Å²) in [4.78, 5) is 0. The molecule has 1 fully saturated rings. The average molecular weight is 270 g/mol. The molecule has 82 valence electrons. The lowest BCUT2D eigenvalue weighted by Gasteiger charge is -2.17. The second-order valence-corrected chi connectivity index (χ2v) is 5.04. The third-order valence-corrected chi connectivity index (χ3v) is 3.67. The van der Waals surface area contributed by atoms with Gasteiger partial charge >= 0.3 is 0 Å². The SMILES string of the molecule is Cc1cc(C(CO)NC2CC2)ccc1Br. The van der Waals surface area contributed by atoms with Crippen molar-refractivity contribution in [3.8, 4) is 0 Å². The van der Waals surface area contributed by atoms with Crippen LogP contribution in [0.25, 0.3) is 0 Å². The van der Waals surface area contributed by atoms with E-state index in [2.05, 4.69) is 40.3 Å². The Hall–Kier alpha value is -0.380. The van der Waals surface area contributed by atoms with Crippen LogP contribution in [0.2, 0.25) is 0 Å². The first-order valence-electron chi connectivity index (χ1n) is 5.33. The van der Waals surface area contributed by atoms with Gasteiger partial charge in [-0.15, -0.1) is 0 Å². The van der Waals surface area contributed by atoms with Crippen LogP contribution in [-0.4, -0.2) is 17.8 Å². The summed E-state index contributed by atoms with van der Waals surface area (Å²) >= 11 is 3.48. The summed E-state index contributed by atoms with van der Waals surface area (Å²) in [6.07, 6.45) is 2.48. The molecule has 1 aliphatic carbocycles. The molecule has 1 saturated carbocycles. The molecule has 0 aliphatic heterocycles. The molecule has 2 nitrogen and oxygen atoms in total. The zero-order valence-corrected chi connectivity index (χ0v) is 10.4. The molecule has 1 aromatic rings. The molecule has 15 heavy (non-hydrogen) atoms. The summed E-state index contributed by atoms with van der Waals surface area (Å²) in [6.45, 7) is 2.23. The summed E-state index contributed by atoms with van der Waals surface area (Å²) in [6, 6.07) is 6.94. The highest BCUT2D eigenvalue weighted by molar-refractivity contribution is 9.10. The van der Waals surface area contributed by atoms with E-state index in [9.17, 15) is 5.11 Å². The van der Waals surface area contributed by atoms with Gasteiger partial charge in [-0.1, -0.05) is 28.1 Å². The summed E-state index contributed by atoms with van der Waals surface area (Å²) < 4.78 is 1.12. The van der Waals surface area contributed by atoms with Crippen molar-refractivity contribution in [3.63, 3.8) is 0 Å². The van der Waals surface area contributed by atoms with Crippen LogP contribution in [-0.2, 0) is 0 Å². The third kappa shape index (κ3) is 2.80. The third-order valence-electron chi connectivity index (χ3n) is 2.78. The minimum atomic E-state index is 0.0873. The number of halogens is 1. The van der Waals surface area contributed by atoms with Crippen molar-refractivity contribution in [1.29, 1.82) is 0 Å². The van der Waals surface area contributed by atoms with Crippen molar-refractivity contribution in [3.05, 3.63) is 33.8 Å². The molecule has 3 heteroatoms. The van der Waals surface area contributed by atoms with Gasteiger partial charge in [0.05, 0.1) is 12.6 Å². The molecule has 0 saturated heterocycles. The van der Waals surface area contributed by atoms with Gasteiger partial charge in [-0.05, 0) is 37.0 Å². The van der Waals surface area contributed by atoms with Crippen LogP contribution in [0.1, 0.15) is 30.0 Å². The lowest BCUT2D eigenvalue weighted by Crippen LogP contribution is -2.26. The molecule has 0 radical (unpaired) electrons. The molecule has 1 aliphatic rings. The number of aliphatic hydroxyl groups excluding tert-OH is 1. The van der Waals surface area contributed by atoms with E-state index in [1.807, 2.05) is 6.07 Å². The van der Waals surface area contributed by atoms with E-state index in [-0.39, 0.29) is 12.6 Å². The quantitative estimate of drug-likeness (QED) is 0.881. The lowest BCUT2D eigenvalue weighted by molar-refractivity contribution is 0.243. The Morgan fingerprint density at radius 1 is 1.53 bits per heavy atom. The maximum absolute atomic E-state index is 9.34. The van der Waals surface area contributed by atoms with E-state index >= 15 is 0 Å². The fourth-order valence-electron chi connectivity index (χ4n) is 1.67. The molecule has 0 spiro atoms. The van der Waals surface area contributed by atoms with E-state index in [1.165, 1.54) is 24.0 Å². The highest BCUT2D eigenvalue weighted by Gasteiger charge is 2.24. The normalized spacial score (nSPS) is 17.8. The monoisotopic (exact) mass is 269 g/mol. The number of nitrogens with one attached hydrogen (secondary N) is 1. The average Bonchev–Trinajstić information content (AvgIpc) is 3.02. The highest BCUT2D eigenvalue weighted by Crippen LogP contribution is 2.26. The maximum atomic E-state index is 9.34. The molecule has 0 amide bonds. The summed E-state index contributed by atoms with van der Waals surface area (Å²) in [5.41, 5.74) is 2.38. The Labute approximate surface area is 98.8 Å². The van der Waals surface area contributed by atoms with Gasteiger partial charge in [-0.3, -0.25) is 0 Å². The molecule has 0 aromatic heterocycles. The summed E-state index contributed by atoms with van der Waals surface area (Å²) in [5, 5.41) is 12.8. The van der Waals surface area contributed by atoms with Crippen LogP contribution in [0.4, 0.5) is 0 Å². The minimum absolute atomic E-state index is 0.0873. The van der Waals surface area contributed by atoms with Crippen LogP contribution in [0.5, 0.6) is 0 Å². The molecule has 2 N–H and O–H groups in total. The molecule has 0 bridgehead atoms. The van der Waals surface area contributed by atoms with Crippen LogP contribution in [0, 0.1) is 6.92 Å². The number of aryl methyl sites for hydroxylation is 1. The van der Waals surface area contributed by atoms with E-state index in [1.54, 1.807) is 0 Å². The highest BCUT2D eigenvalue weighted by atomic mass is 79.9. The van der Waals surface area contributed by atoms with E-state index < -0.39 is 0 Å². The predicted molar refractivity (Wildman–Crippen MR) is 64.9 cm³/mol. The Balaban J connectivity index is 2.13. The van der Waals surface area contributed by atoms with Crippen molar-refractivity contribution >= 4 is 15.9 Å². The molecule has 0 heterocycles. The molecular formula is C12H16BrNO. The summed E-state index contributed by atoms with van der Waals surface area (Å²) in [7, 11) is 0. The Kier molecular flexibility index (Phi) is 3.44. The van der Waals surface area contributed by atoms with Crippen molar-refractivity contribution in [1.82, 2.24) is 5.32 Å². The smallest absolute Gasteiger partial charge is 0.0626 e. The molecular weight excluding hydrogens is 254 g/mol. The van der Waals surface area contributed by atoms with Gasteiger partial charge in [0.25, 0.3) is 0 Å². The van der Waals surface area contributed by atoms with Gasteiger partial charge in [0.15, 0.2) is 0 Å². The van der Waals surface area contributed by atoms with E-state index in [0.717, 1.165) is 4.47 Å². The van der Waals surface area contributed by atoms with Gasteiger partial charge in [0, 0.05) is 10.5 Å². The fourth-order valence-corrected chi connectivity index (χ4v) is 1.92. The first-order valence-corrected chi connectivity index (χ1v) is 6.13. The topological polar surface area (TPSA) is 32.3 Å². The second kappa shape index (κ2) is 4.64. The number of benzene rings is 1. The fraction of sp³-hybridized carbons (Fsp3) is 0.500. The van der Waals surface area contributed by atoms with Gasteiger partial charge in [-0.25, -0.2) is 0 Å². The van der Waals surface area contributed by atoms with Crippen molar-refractivity contribution in [2.45, 2.75) is 31.8 Å². The first-order chi connectivity index (χ1) is 7.20. The number of aliphatic hydroxyl groups is 1. The van der Waals surface area contributed by atoms with Gasteiger partial charge in [0.2, 0.25) is 0 Å². The van der Waals surface area contributed by atoms with Crippen LogP contribution >= 0.6 is 15.9 Å². The molecule has 2 rings (SSSR count). The predicted octanol–water partition coefficient (Wildman–Crippen LogP) is 2.54. The second-order valence-electron chi connectivity index (χ2n) is 4.18. The lowest BCUT2D eigenvalue weighted by atomic mass is 10.1. The van der Waals surface area contributed by atoms with Crippen molar-refractivity contribution in [2.24, 2.45) is 0 Å². The Morgan fingerprint density at radius 2 is 2.27 bits per heavy atom. The van der Waals surface area contributed by atoms with E-state index in [4.69, 9.17) is 0 Å². The van der Waals surface area contributed by atoms with Gasteiger partial charge < -0.3 is 10.4 Å². The number of hydrogen-bond acceptors (Lipinski definition) is 2. The van der Waals surface area contributed by atoms with Gasteiger partial charge in [-0.2, -0.15) is 0 Å². The largest absolute Gasteiger partial charge is 0.394 e. The maximum Gasteiger partial charge on any atom is 0.0626 e. The van der Waals surface area contributed by atoms with Crippen molar-refractivity contribution in [2.75, 3.05) is 6.61 Å². The van der Waals surface area contributed by atoms with Crippen molar-refractivity contribution < 1.29 is 5.11 Å². The standard InChI is InChI=1S/C12H16BrNO/c1-8-6-9(2-5-11(8)13)12(7-15)14-10-3-4-10/h2,5-6,10,12,14-15H,3-4,7H2,1H3. The van der Waals surface area contributed by atoms with Crippen LogP contribution < -0.4 is 5.32 Å². The molecule has 1 unspecified atom stereocenters. The Bertz CT molecular complexity index is 349. The van der Waals surface area contributed by atoms with Crippen LogP contribution in [0.15, 0.2) is 22.7 Å². The number of hydrogen-bond donors (Lipinski definition) is 2. The van der Waals surface area contributed by atoms with Crippen LogP contribution in [0.3, 0.4) is 0 Å². The minimum Gasteiger partial charge on any atom is -0.394 e. The number of rotatable bonds is 4. The van der Waals surface area contributed by atoms with Gasteiger partial charge in [0.1, 0.15) is 0 Å². The molecule has 1 atom stereocenters. The molecule has 1 aromatic carbocycles.